The lowest BCUT2D eigenvalue weighted by atomic mass is 9.76. The normalized spacial score (nSPS) is 12.7. The Morgan fingerprint density at radius 3 is 2.17 bits per heavy atom. The van der Waals surface area contributed by atoms with Gasteiger partial charge in [0.25, 0.3) is 5.91 Å². The third kappa shape index (κ3) is 7.49. The van der Waals surface area contributed by atoms with Crippen LogP contribution in [0.25, 0.3) is 0 Å². The molecule has 0 spiro atoms. The zero-order valence-corrected chi connectivity index (χ0v) is 23.2. The van der Waals surface area contributed by atoms with Crippen molar-refractivity contribution < 1.29 is 19.4 Å². The van der Waals surface area contributed by atoms with Gasteiger partial charge in [0, 0.05) is 24.2 Å². The van der Waals surface area contributed by atoms with Crippen LogP contribution in [0.2, 0.25) is 0 Å². The molecular weight excluding hydrogens is 452 g/mol. The van der Waals surface area contributed by atoms with Gasteiger partial charge in [0.1, 0.15) is 11.5 Å². The molecular formula is C30H44N2O4. The van der Waals surface area contributed by atoms with Crippen LogP contribution in [0.1, 0.15) is 98.6 Å². The summed E-state index contributed by atoms with van der Waals surface area (Å²) in [7, 11) is 0. The van der Waals surface area contributed by atoms with Crippen LogP contribution in [-0.2, 0) is 20.4 Å². The van der Waals surface area contributed by atoms with Gasteiger partial charge in [0.15, 0.2) is 6.10 Å². The molecule has 2 aromatic rings. The average Bonchev–Trinajstić information content (AvgIpc) is 2.83. The van der Waals surface area contributed by atoms with Gasteiger partial charge in [-0.2, -0.15) is 0 Å². The van der Waals surface area contributed by atoms with Crippen LogP contribution in [0.4, 0.5) is 11.4 Å². The molecule has 2 amide bonds. The number of phenolic OH excluding ortho intramolecular Hbond substituents is 1. The number of unbranched alkanes of at least 4 members (excludes halogenated alkanes) is 1. The largest absolute Gasteiger partial charge is 0.506 e. The number of benzene rings is 2. The van der Waals surface area contributed by atoms with E-state index in [4.69, 9.17) is 4.74 Å². The van der Waals surface area contributed by atoms with Crippen LogP contribution in [0.3, 0.4) is 0 Å². The van der Waals surface area contributed by atoms with Gasteiger partial charge in [-0.3, -0.25) is 9.59 Å². The number of rotatable bonds is 12. The highest BCUT2D eigenvalue weighted by molar-refractivity contribution is 5.96. The maximum Gasteiger partial charge on any atom is 0.265 e. The molecule has 0 saturated carbocycles. The molecule has 0 saturated heterocycles. The first-order valence-electron chi connectivity index (χ1n) is 13.1. The highest BCUT2D eigenvalue weighted by atomic mass is 16.5. The van der Waals surface area contributed by atoms with Crippen molar-refractivity contribution in [2.75, 3.05) is 10.6 Å². The molecule has 0 radical (unpaired) electrons. The number of hydrogen-bond acceptors (Lipinski definition) is 4. The van der Waals surface area contributed by atoms with Gasteiger partial charge in [0.05, 0.1) is 5.69 Å². The minimum absolute atomic E-state index is 0.0432. The first-order valence-corrected chi connectivity index (χ1v) is 13.1. The Kier molecular flexibility index (Phi) is 9.97. The fraction of sp³-hybridized carbons (Fsp3) is 0.533. The molecule has 3 N–H and O–H groups in total. The van der Waals surface area contributed by atoms with Gasteiger partial charge in [-0.25, -0.2) is 0 Å². The summed E-state index contributed by atoms with van der Waals surface area (Å²) in [6.45, 7) is 16.7. The molecule has 2 aromatic carbocycles. The maximum absolute atomic E-state index is 13.3. The molecule has 0 aliphatic rings. The Morgan fingerprint density at radius 1 is 0.944 bits per heavy atom. The Balaban J connectivity index is 2.37. The van der Waals surface area contributed by atoms with E-state index in [0.717, 1.165) is 37.0 Å². The first-order chi connectivity index (χ1) is 16.8. The summed E-state index contributed by atoms with van der Waals surface area (Å²) in [4.78, 5) is 24.6. The Bertz CT molecular complexity index is 1060. The van der Waals surface area contributed by atoms with Crippen molar-refractivity contribution in [2.24, 2.45) is 0 Å². The fourth-order valence-electron chi connectivity index (χ4n) is 3.89. The SMILES string of the molecule is CCCCC(Oc1ccc(C(C)(C)CC)cc1C(C)(C)CC)C(=O)Nc1ccc(NC(C)=O)c(O)c1. The van der Waals surface area contributed by atoms with Crippen molar-refractivity contribution in [3.05, 3.63) is 47.5 Å². The fourth-order valence-corrected chi connectivity index (χ4v) is 3.89. The van der Waals surface area contributed by atoms with Gasteiger partial charge in [-0.15, -0.1) is 0 Å². The smallest absolute Gasteiger partial charge is 0.265 e. The number of anilines is 2. The summed E-state index contributed by atoms with van der Waals surface area (Å²) in [6, 6.07) is 11.0. The molecule has 0 bridgehead atoms. The molecule has 36 heavy (non-hydrogen) atoms. The van der Waals surface area contributed by atoms with Crippen molar-refractivity contribution in [3.63, 3.8) is 0 Å². The molecule has 198 valence electrons. The molecule has 2 rings (SSSR count). The van der Waals surface area contributed by atoms with Gasteiger partial charge < -0.3 is 20.5 Å². The summed E-state index contributed by atoms with van der Waals surface area (Å²) in [5.74, 6) is 0.0651. The van der Waals surface area contributed by atoms with E-state index < -0.39 is 6.10 Å². The molecule has 1 unspecified atom stereocenters. The quantitative estimate of drug-likeness (QED) is 0.269. The summed E-state index contributed by atoms with van der Waals surface area (Å²) < 4.78 is 6.45. The second kappa shape index (κ2) is 12.3. The summed E-state index contributed by atoms with van der Waals surface area (Å²) in [5.41, 5.74) is 3.02. The van der Waals surface area contributed by atoms with E-state index >= 15 is 0 Å². The maximum atomic E-state index is 13.3. The summed E-state index contributed by atoms with van der Waals surface area (Å²) in [6.07, 6.45) is 3.64. The number of carbonyl (C=O) groups excluding carboxylic acids is 2. The van der Waals surface area contributed by atoms with Crippen molar-refractivity contribution in [1.29, 1.82) is 0 Å². The zero-order valence-electron chi connectivity index (χ0n) is 23.2. The Morgan fingerprint density at radius 2 is 1.61 bits per heavy atom. The lowest BCUT2D eigenvalue weighted by Crippen LogP contribution is -2.34. The van der Waals surface area contributed by atoms with Crippen LogP contribution < -0.4 is 15.4 Å². The van der Waals surface area contributed by atoms with E-state index in [2.05, 4.69) is 71.2 Å². The Hall–Kier alpha value is -3.02. The van der Waals surface area contributed by atoms with Crippen molar-refractivity contribution in [1.82, 2.24) is 0 Å². The van der Waals surface area contributed by atoms with Crippen molar-refractivity contribution in [2.45, 2.75) is 104 Å². The van der Waals surface area contributed by atoms with E-state index in [1.807, 2.05) is 6.07 Å². The van der Waals surface area contributed by atoms with E-state index in [1.54, 1.807) is 12.1 Å². The first kappa shape index (κ1) is 29.2. The highest BCUT2D eigenvalue weighted by Crippen LogP contribution is 2.39. The van der Waals surface area contributed by atoms with Crippen LogP contribution in [-0.4, -0.2) is 23.0 Å². The second-order valence-corrected chi connectivity index (χ2v) is 10.8. The highest BCUT2D eigenvalue weighted by Gasteiger charge is 2.29. The van der Waals surface area contributed by atoms with Gasteiger partial charge in [-0.1, -0.05) is 67.0 Å². The van der Waals surface area contributed by atoms with Crippen LogP contribution >= 0.6 is 0 Å². The minimum atomic E-state index is -0.682. The number of hydrogen-bond donors (Lipinski definition) is 3. The summed E-state index contributed by atoms with van der Waals surface area (Å²) >= 11 is 0. The molecule has 0 aromatic heterocycles. The van der Waals surface area contributed by atoms with Crippen LogP contribution in [0.15, 0.2) is 36.4 Å². The average molecular weight is 497 g/mol. The number of amides is 2. The number of ether oxygens (including phenoxy) is 1. The van der Waals surface area contributed by atoms with E-state index in [9.17, 15) is 14.7 Å². The van der Waals surface area contributed by atoms with Gasteiger partial charge in [-0.05, 0) is 60.3 Å². The number of aromatic hydroxyl groups is 1. The van der Waals surface area contributed by atoms with Crippen molar-refractivity contribution >= 4 is 23.2 Å². The predicted octanol–water partition coefficient (Wildman–Crippen LogP) is 7.30. The molecule has 0 aliphatic carbocycles. The summed E-state index contributed by atoms with van der Waals surface area (Å²) in [5, 5.41) is 15.7. The molecule has 1 atom stereocenters. The zero-order chi connectivity index (χ0) is 27.1. The molecule has 0 fully saturated rings. The van der Waals surface area contributed by atoms with E-state index in [1.165, 1.54) is 18.6 Å². The predicted molar refractivity (Wildman–Crippen MR) is 148 cm³/mol. The topological polar surface area (TPSA) is 87.7 Å². The van der Waals surface area contributed by atoms with E-state index in [0.29, 0.717) is 17.8 Å². The van der Waals surface area contributed by atoms with E-state index in [-0.39, 0.29) is 28.4 Å². The van der Waals surface area contributed by atoms with Gasteiger partial charge in [0.2, 0.25) is 5.91 Å². The minimum Gasteiger partial charge on any atom is -0.506 e. The third-order valence-corrected chi connectivity index (χ3v) is 7.22. The molecule has 0 heterocycles. The lowest BCUT2D eigenvalue weighted by Gasteiger charge is -2.31. The van der Waals surface area contributed by atoms with Crippen molar-refractivity contribution in [3.8, 4) is 11.5 Å². The Labute approximate surface area is 216 Å². The van der Waals surface area contributed by atoms with Gasteiger partial charge >= 0.3 is 0 Å². The number of phenols is 1. The number of carbonyl (C=O) groups is 2. The third-order valence-electron chi connectivity index (χ3n) is 7.22. The molecule has 0 aliphatic heterocycles. The second-order valence-electron chi connectivity index (χ2n) is 10.8. The standard InChI is InChI=1S/C30H44N2O4/c1-9-12-13-27(28(35)32-22-15-16-24(25(34)19-22)31-20(4)33)36-26-17-14-21(29(5,6)10-2)18-23(26)30(7,8)11-3/h14-19,27,34H,9-13H2,1-8H3,(H,31,33)(H,32,35). The molecule has 6 nitrogen and oxygen atoms in total. The van der Waals surface area contributed by atoms with Crippen LogP contribution in [0, 0.1) is 0 Å². The molecule has 6 heteroatoms. The monoisotopic (exact) mass is 496 g/mol. The van der Waals surface area contributed by atoms with Crippen LogP contribution in [0.5, 0.6) is 11.5 Å². The lowest BCUT2D eigenvalue weighted by molar-refractivity contribution is -0.123. The number of nitrogens with one attached hydrogen (secondary N) is 2.